The van der Waals surface area contributed by atoms with E-state index in [-0.39, 0.29) is 18.0 Å². The second kappa shape index (κ2) is 7.43. The number of rotatable bonds is 6. The average Bonchev–Trinajstić information content (AvgIpc) is 3.28. The van der Waals surface area contributed by atoms with E-state index >= 15 is 0 Å². The molecule has 0 bridgehead atoms. The summed E-state index contributed by atoms with van der Waals surface area (Å²) in [6.45, 7) is 2.11. The van der Waals surface area contributed by atoms with E-state index < -0.39 is 0 Å². The lowest BCUT2D eigenvalue weighted by molar-refractivity contribution is -0.133. The largest absolute Gasteiger partial charge is 0.342 e. The first-order valence-corrected chi connectivity index (χ1v) is 8.40. The van der Waals surface area contributed by atoms with Crippen LogP contribution in [0, 0.1) is 5.92 Å². The Morgan fingerprint density at radius 1 is 1.26 bits per heavy atom. The van der Waals surface area contributed by atoms with Gasteiger partial charge in [0, 0.05) is 38.0 Å². The lowest BCUT2D eigenvalue weighted by atomic mass is 10.0. The van der Waals surface area contributed by atoms with E-state index in [0.29, 0.717) is 12.5 Å². The smallest absolute Gasteiger partial charge is 0.315 e. The Balaban J connectivity index is 1.27. The van der Waals surface area contributed by atoms with Crippen LogP contribution in [0.25, 0.3) is 0 Å². The van der Waals surface area contributed by atoms with Crippen molar-refractivity contribution in [2.45, 2.75) is 44.6 Å². The maximum absolute atomic E-state index is 12.0. The molecule has 2 heterocycles. The number of H-pyrrole nitrogens is 1. The molecule has 3 rings (SSSR count). The van der Waals surface area contributed by atoms with E-state index in [2.05, 4.69) is 25.8 Å². The summed E-state index contributed by atoms with van der Waals surface area (Å²) in [5, 5.41) is 12.4. The molecular formula is C15H24N6O2. The van der Waals surface area contributed by atoms with Crippen LogP contribution in [-0.4, -0.2) is 57.7 Å². The second-order valence-corrected chi connectivity index (χ2v) is 6.31. The zero-order chi connectivity index (χ0) is 16.1. The van der Waals surface area contributed by atoms with Crippen molar-refractivity contribution < 1.29 is 9.59 Å². The van der Waals surface area contributed by atoms with Gasteiger partial charge in [-0.15, -0.1) is 0 Å². The number of aromatic nitrogens is 3. The predicted octanol–water partition coefficient (Wildman–Crippen LogP) is 0.438. The van der Waals surface area contributed by atoms with E-state index in [1.807, 2.05) is 4.90 Å². The zero-order valence-electron chi connectivity index (χ0n) is 13.3. The number of nitrogens with zero attached hydrogens (tertiary/aromatic N) is 3. The maximum Gasteiger partial charge on any atom is 0.315 e. The molecule has 1 aromatic rings. The van der Waals surface area contributed by atoms with E-state index in [0.717, 1.165) is 57.4 Å². The highest BCUT2D eigenvalue weighted by molar-refractivity contribution is 5.81. The Bertz CT molecular complexity index is 520. The molecule has 8 nitrogen and oxygen atoms in total. The third kappa shape index (κ3) is 4.67. The van der Waals surface area contributed by atoms with Crippen LogP contribution in [0.4, 0.5) is 4.79 Å². The van der Waals surface area contributed by atoms with E-state index in [1.54, 1.807) is 0 Å². The molecule has 1 aliphatic heterocycles. The molecule has 1 saturated heterocycles. The summed E-state index contributed by atoms with van der Waals surface area (Å²) in [7, 11) is 0. The van der Waals surface area contributed by atoms with Gasteiger partial charge in [-0.2, -0.15) is 5.10 Å². The topological polar surface area (TPSA) is 103 Å². The highest BCUT2D eigenvalue weighted by Crippen LogP contribution is 2.31. The predicted molar refractivity (Wildman–Crippen MR) is 83.6 cm³/mol. The number of carbonyl (C=O) groups is 2. The van der Waals surface area contributed by atoms with Crippen LogP contribution in [0.15, 0.2) is 6.33 Å². The van der Waals surface area contributed by atoms with Gasteiger partial charge in [-0.3, -0.25) is 9.89 Å². The monoisotopic (exact) mass is 320 g/mol. The first-order valence-electron chi connectivity index (χ1n) is 8.40. The standard InChI is InChI=1S/C15H24N6O2/c22-14(11-3-4-11)21-8-5-12(6-9-21)19-15(23)16-7-1-2-13-17-10-18-20-13/h10-12H,1-9H2,(H2,16,19,23)(H,17,18,20). The fourth-order valence-electron chi connectivity index (χ4n) is 2.88. The number of aromatic amines is 1. The van der Waals surface area contributed by atoms with Gasteiger partial charge in [0.25, 0.3) is 0 Å². The molecule has 8 heteroatoms. The van der Waals surface area contributed by atoms with Gasteiger partial charge in [0.2, 0.25) is 5.91 Å². The highest BCUT2D eigenvalue weighted by atomic mass is 16.2. The molecule has 1 saturated carbocycles. The Hall–Kier alpha value is -2.12. The molecular weight excluding hydrogens is 296 g/mol. The van der Waals surface area contributed by atoms with Crippen LogP contribution in [0.2, 0.25) is 0 Å². The molecule has 0 spiro atoms. The SMILES string of the molecule is O=C(NCCCc1ncn[nH]1)NC1CCN(C(=O)C2CC2)CC1. The summed E-state index contributed by atoms with van der Waals surface area (Å²) in [6, 6.07) is 0.0297. The first-order chi connectivity index (χ1) is 11.2. The maximum atomic E-state index is 12.0. The summed E-state index contributed by atoms with van der Waals surface area (Å²) in [5.41, 5.74) is 0. The molecule has 2 fully saturated rings. The summed E-state index contributed by atoms with van der Waals surface area (Å²) < 4.78 is 0. The van der Waals surface area contributed by atoms with Crippen molar-refractivity contribution in [3.05, 3.63) is 12.2 Å². The van der Waals surface area contributed by atoms with Crippen LogP contribution in [-0.2, 0) is 11.2 Å². The van der Waals surface area contributed by atoms with Crippen LogP contribution in [0.3, 0.4) is 0 Å². The summed E-state index contributed by atoms with van der Waals surface area (Å²) in [5.74, 6) is 1.42. The normalized spacial score (nSPS) is 18.7. The molecule has 3 amide bonds. The van der Waals surface area contributed by atoms with E-state index in [4.69, 9.17) is 0 Å². The van der Waals surface area contributed by atoms with Gasteiger partial charge in [-0.05, 0) is 32.1 Å². The lowest BCUT2D eigenvalue weighted by Gasteiger charge is -2.32. The molecule has 0 radical (unpaired) electrons. The summed E-state index contributed by atoms with van der Waals surface area (Å²) >= 11 is 0. The van der Waals surface area contributed by atoms with Crippen LogP contribution < -0.4 is 10.6 Å². The number of amides is 3. The molecule has 2 aliphatic rings. The Kier molecular flexibility index (Phi) is 5.09. The third-order valence-electron chi connectivity index (χ3n) is 4.41. The van der Waals surface area contributed by atoms with Crippen molar-refractivity contribution in [1.82, 2.24) is 30.7 Å². The van der Waals surface area contributed by atoms with Crippen molar-refractivity contribution in [2.75, 3.05) is 19.6 Å². The van der Waals surface area contributed by atoms with Crippen molar-refractivity contribution in [1.29, 1.82) is 0 Å². The third-order valence-corrected chi connectivity index (χ3v) is 4.41. The van der Waals surface area contributed by atoms with Gasteiger partial charge in [0.1, 0.15) is 12.2 Å². The minimum Gasteiger partial charge on any atom is -0.342 e. The number of urea groups is 1. The van der Waals surface area contributed by atoms with Crippen LogP contribution in [0.1, 0.15) is 37.9 Å². The van der Waals surface area contributed by atoms with Crippen LogP contribution >= 0.6 is 0 Å². The van der Waals surface area contributed by atoms with Crippen molar-refractivity contribution in [3.8, 4) is 0 Å². The Labute approximate surface area is 135 Å². The molecule has 1 aromatic heterocycles. The molecule has 1 aliphatic carbocycles. The Morgan fingerprint density at radius 3 is 2.70 bits per heavy atom. The van der Waals surface area contributed by atoms with Gasteiger partial charge in [0.05, 0.1) is 0 Å². The second-order valence-electron chi connectivity index (χ2n) is 6.31. The van der Waals surface area contributed by atoms with Crippen molar-refractivity contribution in [3.63, 3.8) is 0 Å². The fraction of sp³-hybridized carbons (Fsp3) is 0.733. The Morgan fingerprint density at radius 2 is 2.04 bits per heavy atom. The number of likely N-dealkylation sites (tertiary alicyclic amines) is 1. The van der Waals surface area contributed by atoms with E-state index in [1.165, 1.54) is 6.33 Å². The molecule has 23 heavy (non-hydrogen) atoms. The number of hydrogen-bond donors (Lipinski definition) is 3. The number of aryl methyl sites for hydroxylation is 1. The molecule has 126 valence electrons. The van der Waals surface area contributed by atoms with Gasteiger partial charge < -0.3 is 15.5 Å². The lowest BCUT2D eigenvalue weighted by Crippen LogP contribution is -2.49. The van der Waals surface area contributed by atoms with Gasteiger partial charge in [-0.1, -0.05) is 0 Å². The zero-order valence-corrected chi connectivity index (χ0v) is 13.3. The van der Waals surface area contributed by atoms with Gasteiger partial charge in [-0.25, -0.2) is 9.78 Å². The van der Waals surface area contributed by atoms with Crippen LogP contribution in [0.5, 0.6) is 0 Å². The van der Waals surface area contributed by atoms with Crippen molar-refractivity contribution in [2.24, 2.45) is 5.92 Å². The average molecular weight is 320 g/mol. The fourth-order valence-corrected chi connectivity index (χ4v) is 2.88. The molecule has 3 N–H and O–H groups in total. The first kappa shape index (κ1) is 15.8. The molecule has 0 aromatic carbocycles. The number of carbonyl (C=O) groups excluding carboxylic acids is 2. The molecule has 0 unspecified atom stereocenters. The number of piperidine rings is 1. The van der Waals surface area contributed by atoms with E-state index in [9.17, 15) is 9.59 Å². The minimum atomic E-state index is -0.130. The number of nitrogens with one attached hydrogen (secondary N) is 3. The number of hydrogen-bond acceptors (Lipinski definition) is 4. The molecule has 0 atom stereocenters. The van der Waals surface area contributed by atoms with Gasteiger partial charge >= 0.3 is 6.03 Å². The van der Waals surface area contributed by atoms with Crippen molar-refractivity contribution >= 4 is 11.9 Å². The quantitative estimate of drug-likeness (QED) is 0.662. The summed E-state index contributed by atoms with van der Waals surface area (Å²) in [4.78, 5) is 29.8. The summed E-state index contributed by atoms with van der Waals surface area (Å²) in [6.07, 6.45) is 6.84. The highest BCUT2D eigenvalue weighted by Gasteiger charge is 2.35. The minimum absolute atomic E-state index is 0.130. The van der Waals surface area contributed by atoms with Gasteiger partial charge in [0.15, 0.2) is 0 Å².